The fourth-order valence-corrected chi connectivity index (χ4v) is 2.74. The molecule has 6 nitrogen and oxygen atoms in total. The Bertz CT molecular complexity index is 844. The third-order valence-electron chi connectivity index (χ3n) is 3.87. The molecule has 0 bridgehead atoms. The Morgan fingerprint density at radius 2 is 2.22 bits per heavy atom. The monoisotopic (exact) mass is 310 g/mol. The number of nitrogens with one attached hydrogen (secondary N) is 1. The van der Waals surface area contributed by atoms with E-state index < -0.39 is 0 Å². The summed E-state index contributed by atoms with van der Waals surface area (Å²) in [6, 6.07) is 9.92. The van der Waals surface area contributed by atoms with Gasteiger partial charge < -0.3 is 14.8 Å². The number of benzene rings is 1. The Balaban J connectivity index is 1.82. The van der Waals surface area contributed by atoms with Gasteiger partial charge in [-0.05, 0) is 24.6 Å². The normalized spacial score (nSPS) is 13.6. The van der Waals surface area contributed by atoms with E-state index in [1.54, 1.807) is 0 Å². The Labute approximate surface area is 134 Å². The Morgan fingerprint density at radius 1 is 1.26 bits per heavy atom. The van der Waals surface area contributed by atoms with Crippen LogP contribution < -0.4 is 10.1 Å². The number of fused-ring (bicyclic) bond motifs is 2. The highest BCUT2D eigenvalue weighted by Crippen LogP contribution is 2.33. The van der Waals surface area contributed by atoms with Crippen LogP contribution in [0.3, 0.4) is 0 Å². The van der Waals surface area contributed by atoms with Gasteiger partial charge in [0.25, 0.3) is 0 Å². The predicted octanol–water partition coefficient (Wildman–Crippen LogP) is 3.08. The molecular weight excluding hydrogens is 292 g/mol. The molecule has 118 valence electrons. The van der Waals surface area contributed by atoms with Crippen LogP contribution in [-0.2, 0) is 11.3 Å². The lowest BCUT2D eigenvalue weighted by Crippen LogP contribution is -2.12. The summed E-state index contributed by atoms with van der Waals surface area (Å²) in [5.74, 6) is 1.71. The maximum absolute atomic E-state index is 5.57. The maximum atomic E-state index is 5.57. The highest BCUT2D eigenvalue weighted by atomic mass is 16.7. The first-order valence-corrected chi connectivity index (χ1v) is 7.78. The molecule has 0 atom stereocenters. The highest BCUT2D eigenvalue weighted by Gasteiger charge is 2.18. The van der Waals surface area contributed by atoms with Crippen molar-refractivity contribution in [2.75, 3.05) is 18.7 Å². The molecule has 1 N–H and O–H groups in total. The van der Waals surface area contributed by atoms with Crippen LogP contribution >= 0.6 is 0 Å². The summed E-state index contributed by atoms with van der Waals surface area (Å²) in [6.07, 6.45) is 2.90. The van der Waals surface area contributed by atoms with Crippen molar-refractivity contribution in [3.05, 3.63) is 42.1 Å². The quantitative estimate of drug-likeness (QED) is 0.802. The third kappa shape index (κ3) is 2.51. The Kier molecular flexibility index (Phi) is 3.59. The zero-order valence-electron chi connectivity index (χ0n) is 13.0. The summed E-state index contributed by atoms with van der Waals surface area (Å²) in [5, 5.41) is 7.97. The first kappa shape index (κ1) is 14.0. The van der Waals surface area contributed by atoms with Gasteiger partial charge in [0.05, 0.1) is 18.5 Å². The van der Waals surface area contributed by atoms with E-state index in [1.165, 1.54) is 0 Å². The number of aromatic nitrogens is 3. The van der Waals surface area contributed by atoms with Crippen molar-refractivity contribution in [1.82, 2.24) is 14.6 Å². The first-order chi connectivity index (χ1) is 11.4. The summed E-state index contributed by atoms with van der Waals surface area (Å²) in [4.78, 5) is 4.46. The summed E-state index contributed by atoms with van der Waals surface area (Å²) in [6.45, 7) is 3.86. The van der Waals surface area contributed by atoms with Gasteiger partial charge in [0.15, 0.2) is 12.4 Å². The smallest absolute Gasteiger partial charge is 0.189 e. The van der Waals surface area contributed by atoms with E-state index in [1.807, 2.05) is 41.0 Å². The number of rotatable bonds is 4. The van der Waals surface area contributed by atoms with E-state index in [2.05, 4.69) is 22.3 Å². The number of hydrogen-bond acceptors (Lipinski definition) is 5. The molecule has 0 unspecified atom stereocenters. The fourth-order valence-electron chi connectivity index (χ4n) is 2.74. The second-order valence-corrected chi connectivity index (χ2v) is 5.45. The van der Waals surface area contributed by atoms with Gasteiger partial charge in [-0.25, -0.2) is 9.50 Å². The van der Waals surface area contributed by atoms with E-state index in [4.69, 9.17) is 9.47 Å². The summed E-state index contributed by atoms with van der Waals surface area (Å²) in [5.41, 5.74) is 3.83. The third-order valence-corrected chi connectivity index (χ3v) is 3.87. The molecule has 1 aliphatic heterocycles. The molecular formula is C17H18N4O2. The Morgan fingerprint density at radius 3 is 3.13 bits per heavy atom. The molecule has 4 rings (SSSR count). The van der Waals surface area contributed by atoms with Gasteiger partial charge in [0.1, 0.15) is 11.6 Å². The lowest BCUT2D eigenvalue weighted by atomic mass is 10.0. The van der Waals surface area contributed by atoms with Crippen LogP contribution in [0.2, 0.25) is 0 Å². The topological polar surface area (TPSA) is 60.7 Å². The van der Waals surface area contributed by atoms with Crippen molar-refractivity contribution in [3.63, 3.8) is 0 Å². The molecule has 0 spiro atoms. The summed E-state index contributed by atoms with van der Waals surface area (Å²) in [7, 11) is 0. The molecule has 0 amide bonds. The molecule has 1 aliphatic rings. The van der Waals surface area contributed by atoms with Crippen LogP contribution in [-0.4, -0.2) is 27.9 Å². The van der Waals surface area contributed by atoms with Crippen molar-refractivity contribution in [2.45, 2.75) is 20.0 Å². The van der Waals surface area contributed by atoms with E-state index in [0.29, 0.717) is 13.4 Å². The number of nitrogens with zero attached hydrogens (tertiary/aromatic N) is 3. The minimum atomic E-state index is 0.299. The molecule has 0 aliphatic carbocycles. The Hall–Kier alpha value is -2.60. The van der Waals surface area contributed by atoms with Gasteiger partial charge in [0, 0.05) is 17.7 Å². The van der Waals surface area contributed by atoms with Crippen LogP contribution in [0.25, 0.3) is 16.9 Å². The van der Waals surface area contributed by atoms with Crippen LogP contribution in [0.15, 0.2) is 36.5 Å². The van der Waals surface area contributed by atoms with E-state index in [0.717, 1.165) is 47.0 Å². The lowest BCUT2D eigenvalue weighted by molar-refractivity contribution is -0.0160. The fraction of sp³-hybridized carbons (Fsp3) is 0.294. The largest absolute Gasteiger partial charge is 0.467 e. The average Bonchev–Trinajstić information content (AvgIpc) is 3.02. The SMILES string of the molecule is CCCNc1ccc2ncc(-c3cccc4c3COCO4)n2n1. The maximum Gasteiger partial charge on any atom is 0.189 e. The van der Waals surface area contributed by atoms with Gasteiger partial charge in [0.2, 0.25) is 0 Å². The molecule has 0 fully saturated rings. The van der Waals surface area contributed by atoms with Crippen LogP contribution in [0.4, 0.5) is 5.82 Å². The molecule has 0 radical (unpaired) electrons. The molecule has 3 heterocycles. The highest BCUT2D eigenvalue weighted by molar-refractivity contribution is 5.69. The second kappa shape index (κ2) is 5.89. The lowest BCUT2D eigenvalue weighted by Gasteiger charge is -2.20. The van der Waals surface area contributed by atoms with Crippen LogP contribution in [0, 0.1) is 0 Å². The summed E-state index contributed by atoms with van der Waals surface area (Å²) >= 11 is 0. The van der Waals surface area contributed by atoms with Crippen LogP contribution in [0.1, 0.15) is 18.9 Å². The number of hydrogen-bond donors (Lipinski definition) is 1. The molecule has 0 saturated carbocycles. The zero-order chi connectivity index (χ0) is 15.6. The van der Waals surface area contributed by atoms with Crippen LogP contribution in [0.5, 0.6) is 5.75 Å². The molecule has 6 heteroatoms. The number of imidazole rings is 1. The minimum absolute atomic E-state index is 0.299. The molecule has 0 saturated heterocycles. The van der Waals surface area contributed by atoms with Crippen molar-refractivity contribution >= 4 is 11.5 Å². The number of anilines is 1. The van der Waals surface area contributed by atoms with Crippen molar-refractivity contribution in [3.8, 4) is 17.0 Å². The minimum Gasteiger partial charge on any atom is -0.467 e. The molecule has 23 heavy (non-hydrogen) atoms. The van der Waals surface area contributed by atoms with Gasteiger partial charge in [-0.2, -0.15) is 0 Å². The van der Waals surface area contributed by atoms with Gasteiger partial charge in [-0.1, -0.05) is 19.1 Å². The van der Waals surface area contributed by atoms with E-state index >= 15 is 0 Å². The standard InChI is InChI=1S/C17H18N4O2/c1-2-8-18-16-6-7-17-19-9-14(21(17)20-16)12-4-3-5-15-13(12)10-22-11-23-15/h3-7,9H,2,8,10-11H2,1H3,(H,18,20). The first-order valence-electron chi connectivity index (χ1n) is 7.78. The van der Waals surface area contributed by atoms with Gasteiger partial charge in [-0.15, -0.1) is 5.10 Å². The van der Waals surface area contributed by atoms with E-state index in [9.17, 15) is 0 Å². The average molecular weight is 310 g/mol. The molecule has 1 aromatic carbocycles. The number of ether oxygens (including phenoxy) is 2. The van der Waals surface area contributed by atoms with Crippen molar-refractivity contribution in [2.24, 2.45) is 0 Å². The van der Waals surface area contributed by atoms with Gasteiger partial charge >= 0.3 is 0 Å². The summed E-state index contributed by atoms with van der Waals surface area (Å²) < 4.78 is 12.9. The zero-order valence-corrected chi connectivity index (χ0v) is 13.0. The second-order valence-electron chi connectivity index (χ2n) is 5.45. The molecule has 2 aromatic heterocycles. The van der Waals surface area contributed by atoms with Crippen molar-refractivity contribution < 1.29 is 9.47 Å². The molecule has 3 aromatic rings. The van der Waals surface area contributed by atoms with E-state index in [-0.39, 0.29) is 0 Å². The predicted molar refractivity (Wildman–Crippen MR) is 87.5 cm³/mol. The van der Waals surface area contributed by atoms with Crippen molar-refractivity contribution in [1.29, 1.82) is 0 Å². The van der Waals surface area contributed by atoms with Gasteiger partial charge in [-0.3, -0.25) is 0 Å².